The number of fused-ring (bicyclic) bond motifs is 1. The van der Waals surface area contributed by atoms with E-state index in [1.54, 1.807) is 42.6 Å². The van der Waals surface area contributed by atoms with Crippen LogP contribution >= 0.6 is 0 Å². The summed E-state index contributed by atoms with van der Waals surface area (Å²) in [6.45, 7) is 1.12. The fourth-order valence-electron chi connectivity index (χ4n) is 4.04. The van der Waals surface area contributed by atoms with Gasteiger partial charge in [0.15, 0.2) is 0 Å². The molecule has 5 rings (SSSR count). The maximum atomic E-state index is 12.8. The quantitative estimate of drug-likeness (QED) is 0.478. The van der Waals surface area contributed by atoms with Crippen molar-refractivity contribution in [3.63, 3.8) is 0 Å². The monoisotopic (exact) mass is 460 g/mol. The molecule has 1 saturated heterocycles. The van der Waals surface area contributed by atoms with Crippen LogP contribution < -0.4 is 5.32 Å². The first-order valence-electron chi connectivity index (χ1n) is 11.0. The number of carbonyl (C=O) groups is 1. The molecule has 2 aromatic carbocycles. The van der Waals surface area contributed by atoms with Crippen LogP contribution in [0.3, 0.4) is 0 Å². The van der Waals surface area contributed by atoms with E-state index < -0.39 is 10.0 Å². The molecule has 0 saturated carbocycles. The third kappa shape index (κ3) is 4.40. The summed E-state index contributed by atoms with van der Waals surface area (Å²) >= 11 is 0. The van der Waals surface area contributed by atoms with E-state index >= 15 is 0 Å². The van der Waals surface area contributed by atoms with E-state index in [4.69, 9.17) is 0 Å². The topological polar surface area (TPSA) is 83.8 Å². The lowest BCUT2D eigenvalue weighted by molar-refractivity contribution is 0.102. The number of rotatable bonds is 5. The van der Waals surface area contributed by atoms with Crippen molar-refractivity contribution in [3.8, 4) is 11.3 Å². The van der Waals surface area contributed by atoms with E-state index in [1.165, 1.54) is 4.31 Å². The Kier molecular flexibility index (Phi) is 5.70. The van der Waals surface area contributed by atoms with Gasteiger partial charge in [0.25, 0.3) is 5.91 Å². The number of nitrogens with zero attached hydrogens (tertiary/aromatic N) is 3. The molecule has 0 spiro atoms. The highest BCUT2D eigenvalue weighted by Gasteiger charge is 2.25. The average molecular weight is 461 g/mol. The van der Waals surface area contributed by atoms with Crippen molar-refractivity contribution < 1.29 is 13.2 Å². The van der Waals surface area contributed by atoms with Crippen LogP contribution in [0.1, 0.15) is 29.6 Å². The van der Waals surface area contributed by atoms with Crippen LogP contribution in [0.4, 0.5) is 5.69 Å². The van der Waals surface area contributed by atoms with Crippen molar-refractivity contribution >= 4 is 27.3 Å². The predicted octanol–water partition coefficient (Wildman–Crippen LogP) is 4.43. The Balaban J connectivity index is 1.32. The number of piperidine rings is 1. The molecule has 3 heterocycles. The highest BCUT2D eigenvalue weighted by Crippen LogP contribution is 2.23. The van der Waals surface area contributed by atoms with Gasteiger partial charge < -0.3 is 9.72 Å². The van der Waals surface area contributed by atoms with Gasteiger partial charge in [0, 0.05) is 42.3 Å². The largest absolute Gasteiger partial charge is 0.322 e. The molecule has 0 aliphatic carbocycles. The van der Waals surface area contributed by atoms with Crippen molar-refractivity contribution in [1.82, 2.24) is 13.7 Å². The zero-order chi connectivity index (χ0) is 22.8. The molecule has 4 aromatic rings. The number of pyridine rings is 1. The maximum absolute atomic E-state index is 12.8. The van der Waals surface area contributed by atoms with Gasteiger partial charge in [-0.15, -0.1) is 0 Å². The Hall–Kier alpha value is -3.49. The van der Waals surface area contributed by atoms with Gasteiger partial charge in [-0.2, -0.15) is 4.31 Å². The normalized spacial score (nSPS) is 14.9. The first kappa shape index (κ1) is 21.4. The van der Waals surface area contributed by atoms with Gasteiger partial charge in [0.2, 0.25) is 10.0 Å². The van der Waals surface area contributed by atoms with Gasteiger partial charge in [-0.05, 0) is 49.2 Å². The minimum Gasteiger partial charge on any atom is -0.322 e. The lowest BCUT2D eigenvalue weighted by Gasteiger charge is -2.25. The van der Waals surface area contributed by atoms with Gasteiger partial charge in [0.05, 0.1) is 10.6 Å². The van der Waals surface area contributed by atoms with E-state index in [1.807, 2.05) is 40.9 Å². The van der Waals surface area contributed by atoms with Crippen LogP contribution in [-0.2, 0) is 10.0 Å². The predicted molar refractivity (Wildman–Crippen MR) is 128 cm³/mol. The number of anilines is 1. The summed E-state index contributed by atoms with van der Waals surface area (Å²) < 4.78 is 29.0. The molecule has 0 atom stereocenters. The molecule has 0 unspecified atom stereocenters. The zero-order valence-electron chi connectivity index (χ0n) is 18.0. The highest BCUT2D eigenvalue weighted by atomic mass is 32.2. The van der Waals surface area contributed by atoms with Crippen LogP contribution in [0.5, 0.6) is 0 Å². The number of nitrogens with one attached hydrogen (secondary N) is 1. The van der Waals surface area contributed by atoms with Crippen molar-refractivity contribution in [2.45, 2.75) is 24.2 Å². The number of benzene rings is 2. The summed E-state index contributed by atoms with van der Waals surface area (Å²) in [4.78, 5) is 17.7. The lowest BCUT2D eigenvalue weighted by atomic mass is 10.2. The minimum atomic E-state index is -3.49. The molecule has 0 radical (unpaired) electrons. The first-order chi connectivity index (χ1) is 16.0. The molecule has 168 valence electrons. The van der Waals surface area contributed by atoms with E-state index in [0.29, 0.717) is 30.0 Å². The van der Waals surface area contributed by atoms with Crippen molar-refractivity contribution in [3.05, 3.63) is 84.7 Å². The van der Waals surface area contributed by atoms with Crippen molar-refractivity contribution in [2.75, 3.05) is 18.4 Å². The molecule has 1 amide bonds. The van der Waals surface area contributed by atoms with Gasteiger partial charge in [-0.3, -0.25) is 4.79 Å². The number of carbonyl (C=O) groups excluding carboxylic acids is 1. The summed E-state index contributed by atoms with van der Waals surface area (Å²) in [6, 6.07) is 19.7. The lowest BCUT2D eigenvalue weighted by Crippen LogP contribution is -2.35. The second-order valence-corrected chi connectivity index (χ2v) is 10.1. The summed E-state index contributed by atoms with van der Waals surface area (Å²) in [7, 11) is -3.49. The third-order valence-electron chi connectivity index (χ3n) is 5.86. The van der Waals surface area contributed by atoms with Crippen LogP contribution in [0, 0.1) is 0 Å². The standard InChI is InChI=1S/C25H24N4O3S/c30-25(20-13-16-28-18-23(27-24(28)17-20)19-7-3-1-4-8-19)26-21-9-11-22(12-10-21)33(31,32)29-14-5-2-6-15-29/h1,3-4,7-13,16-18H,2,5-6,14-15H2,(H,26,30). The SMILES string of the molecule is O=C(Nc1ccc(S(=O)(=O)N2CCCCC2)cc1)c1ccn2cc(-c3ccccc3)nc2c1. The second-order valence-electron chi connectivity index (χ2n) is 8.12. The highest BCUT2D eigenvalue weighted by molar-refractivity contribution is 7.89. The molecule has 1 aliphatic heterocycles. The van der Waals surface area contributed by atoms with Gasteiger partial charge in [-0.25, -0.2) is 13.4 Å². The van der Waals surface area contributed by atoms with Crippen molar-refractivity contribution in [1.29, 1.82) is 0 Å². The Morgan fingerprint density at radius 2 is 1.64 bits per heavy atom. The average Bonchev–Trinajstić information content (AvgIpc) is 3.29. The Labute approximate surface area is 192 Å². The molecule has 0 bridgehead atoms. The molecule has 8 heteroatoms. The molecule has 7 nitrogen and oxygen atoms in total. The van der Waals surface area contributed by atoms with Crippen LogP contribution in [0.25, 0.3) is 16.9 Å². The molecule has 1 aliphatic rings. The molecular formula is C25H24N4O3S. The number of aromatic nitrogens is 2. The Morgan fingerprint density at radius 1 is 0.909 bits per heavy atom. The number of hydrogen-bond acceptors (Lipinski definition) is 4. The zero-order valence-corrected chi connectivity index (χ0v) is 18.8. The molecular weight excluding hydrogens is 436 g/mol. The summed E-state index contributed by atoms with van der Waals surface area (Å²) in [6.07, 6.45) is 6.57. The van der Waals surface area contributed by atoms with E-state index in [0.717, 1.165) is 30.5 Å². The molecule has 2 aromatic heterocycles. The van der Waals surface area contributed by atoms with E-state index in [-0.39, 0.29) is 10.8 Å². The fraction of sp³-hybridized carbons (Fsp3) is 0.200. The van der Waals surface area contributed by atoms with Crippen molar-refractivity contribution in [2.24, 2.45) is 0 Å². The molecule has 1 N–H and O–H groups in total. The number of sulfonamides is 1. The maximum Gasteiger partial charge on any atom is 0.255 e. The third-order valence-corrected chi connectivity index (χ3v) is 7.77. The number of hydrogen-bond donors (Lipinski definition) is 1. The van der Waals surface area contributed by atoms with Gasteiger partial charge in [0.1, 0.15) is 5.65 Å². The summed E-state index contributed by atoms with van der Waals surface area (Å²) in [5.74, 6) is -0.284. The van der Waals surface area contributed by atoms with Gasteiger partial charge in [-0.1, -0.05) is 36.8 Å². The second kappa shape index (κ2) is 8.80. The first-order valence-corrected chi connectivity index (χ1v) is 12.4. The van der Waals surface area contributed by atoms with Crippen LogP contribution in [0.15, 0.2) is 84.0 Å². The van der Waals surface area contributed by atoms with E-state index in [9.17, 15) is 13.2 Å². The smallest absolute Gasteiger partial charge is 0.255 e. The number of imidazole rings is 1. The minimum absolute atomic E-state index is 0.245. The van der Waals surface area contributed by atoms with Gasteiger partial charge >= 0.3 is 0 Å². The number of amides is 1. The van der Waals surface area contributed by atoms with Crippen LogP contribution in [0.2, 0.25) is 0 Å². The molecule has 33 heavy (non-hydrogen) atoms. The van der Waals surface area contributed by atoms with E-state index in [2.05, 4.69) is 10.3 Å². The fourth-order valence-corrected chi connectivity index (χ4v) is 5.56. The Bertz CT molecular complexity index is 1390. The summed E-state index contributed by atoms with van der Waals surface area (Å²) in [5.41, 5.74) is 3.51. The molecule has 1 fully saturated rings. The Morgan fingerprint density at radius 3 is 2.36 bits per heavy atom. The summed E-state index contributed by atoms with van der Waals surface area (Å²) in [5, 5.41) is 2.84. The van der Waals surface area contributed by atoms with Crippen LogP contribution in [-0.4, -0.2) is 41.1 Å².